The monoisotopic (exact) mass is 310 g/mol. The third-order valence-electron chi connectivity index (χ3n) is 3.14. The molecule has 0 amide bonds. The van der Waals surface area contributed by atoms with Gasteiger partial charge in [-0.15, -0.1) is 0 Å². The summed E-state index contributed by atoms with van der Waals surface area (Å²) in [5.74, 6) is 0. The van der Waals surface area contributed by atoms with E-state index in [0.717, 1.165) is 21.9 Å². The predicted molar refractivity (Wildman–Crippen MR) is 80.7 cm³/mol. The Kier molecular flexibility index (Phi) is 4.38. The molecule has 0 saturated heterocycles. The quantitative estimate of drug-likeness (QED) is 0.640. The van der Waals surface area contributed by atoms with Crippen LogP contribution < -0.4 is 0 Å². The molecule has 2 aromatic carbocycles. The molecule has 0 aliphatic carbocycles. The second-order valence-corrected chi connectivity index (χ2v) is 7.05. The first-order valence-electron chi connectivity index (χ1n) is 6.62. The van der Waals surface area contributed by atoms with E-state index in [9.17, 15) is 13.2 Å². The van der Waals surface area contributed by atoms with E-state index in [4.69, 9.17) is 0 Å². The first-order chi connectivity index (χ1) is 9.66. The number of alkyl halides is 3. The van der Waals surface area contributed by atoms with E-state index in [1.54, 1.807) is 0 Å². The third-order valence-corrected chi connectivity index (χ3v) is 4.15. The summed E-state index contributed by atoms with van der Waals surface area (Å²) in [5, 5.41) is 0. The van der Waals surface area contributed by atoms with Crippen LogP contribution in [0.1, 0.15) is 31.9 Å². The van der Waals surface area contributed by atoms with Crippen molar-refractivity contribution in [1.29, 1.82) is 0 Å². The van der Waals surface area contributed by atoms with Crippen molar-refractivity contribution in [2.24, 2.45) is 0 Å². The van der Waals surface area contributed by atoms with Gasteiger partial charge in [0.25, 0.3) is 0 Å². The maximum Gasteiger partial charge on any atom is 0.416 e. The largest absolute Gasteiger partial charge is 0.416 e. The molecule has 112 valence electrons. The fraction of sp³-hybridized carbons (Fsp3) is 0.294. The van der Waals surface area contributed by atoms with Crippen LogP contribution in [0.2, 0.25) is 0 Å². The van der Waals surface area contributed by atoms with Crippen LogP contribution in [0.25, 0.3) is 0 Å². The van der Waals surface area contributed by atoms with E-state index in [-0.39, 0.29) is 5.41 Å². The molecule has 0 fully saturated rings. The van der Waals surface area contributed by atoms with Gasteiger partial charge in [0, 0.05) is 9.79 Å². The molecule has 4 heteroatoms. The van der Waals surface area contributed by atoms with Crippen LogP contribution in [0.5, 0.6) is 0 Å². The van der Waals surface area contributed by atoms with Crippen LogP contribution in [0.3, 0.4) is 0 Å². The van der Waals surface area contributed by atoms with Gasteiger partial charge < -0.3 is 0 Å². The van der Waals surface area contributed by atoms with Gasteiger partial charge in [0.15, 0.2) is 0 Å². The SMILES string of the molecule is CC(C)(C)c1ccc(Sc2ccc(C(F)(F)F)cc2)cc1. The zero-order valence-corrected chi connectivity index (χ0v) is 13.0. The van der Waals surface area contributed by atoms with Gasteiger partial charge in [-0.3, -0.25) is 0 Å². The van der Waals surface area contributed by atoms with Crippen molar-refractivity contribution in [1.82, 2.24) is 0 Å². The van der Waals surface area contributed by atoms with Crippen molar-refractivity contribution in [3.63, 3.8) is 0 Å². The van der Waals surface area contributed by atoms with E-state index in [0.29, 0.717) is 0 Å². The highest BCUT2D eigenvalue weighted by molar-refractivity contribution is 7.99. The molecule has 0 atom stereocenters. The maximum absolute atomic E-state index is 12.5. The van der Waals surface area contributed by atoms with Crippen molar-refractivity contribution in [3.05, 3.63) is 59.7 Å². The first-order valence-corrected chi connectivity index (χ1v) is 7.43. The molecule has 0 saturated carbocycles. The number of benzene rings is 2. The summed E-state index contributed by atoms with van der Waals surface area (Å²) in [7, 11) is 0. The molecule has 0 heterocycles. The van der Waals surface area contributed by atoms with Crippen molar-refractivity contribution in [2.75, 3.05) is 0 Å². The van der Waals surface area contributed by atoms with Crippen LogP contribution in [-0.4, -0.2) is 0 Å². The molecule has 0 aromatic heterocycles. The minimum Gasteiger partial charge on any atom is -0.166 e. The Morgan fingerprint density at radius 3 is 1.38 bits per heavy atom. The number of hydrogen-bond donors (Lipinski definition) is 0. The number of rotatable bonds is 2. The molecule has 0 spiro atoms. The van der Waals surface area contributed by atoms with E-state index in [1.165, 1.54) is 29.5 Å². The number of hydrogen-bond acceptors (Lipinski definition) is 1. The zero-order chi connectivity index (χ0) is 15.7. The standard InChI is InChI=1S/C17H17F3S/c1-16(2,3)12-4-8-14(9-5-12)21-15-10-6-13(7-11-15)17(18,19)20/h4-11H,1-3H3. The van der Waals surface area contributed by atoms with Crippen LogP contribution in [0.4, 0.5) is 13.2 Å². The molecule has 0 N–H and O–H groups in total. The Bertz CT molecular complexity index is 534. The normalized spacial score (nSPS) is 12.5. The summed E-state index contributed by atoms with van der Waals surface area (Å²) in [6, 6.07) is 13.4. The molecule has 0 radical (unpaired) electrons. The minimum absolute atomic E-state index is 0.0948. The Hall–Kier alpha value is -1.42. The summed E-state index contributed by atoms with van der Waals surface area (Å²) >= 11 is 1.46. The molecule has 0 nitrogen and oxygen atoms in total. The average molecular weight is 310 g/mol. The van der Waals surface area contributed by atoms with E-state index < -0.39 is 11.7 Å². The molecule has 2 aromatic rings. The highest BCUT2D eigenvalue weighted by Gasteiger charge is 2.29. The average Bonchev–Trinajstić information content (AvgIpc) is 2.38. The lowest BCUT2D eigenvalue weighted by molar-refractivity contribution is -0.137. The third kappa shape index (κ3) is 4.27. The fourth-order valence-electron chi connectivity index (χ4n) is 1.87. The molecular formula is C17H17F3S. The number of halogens is 3. The van der Waals surface area contributed by atoms with Crippen LogP contribution in [0.15, 0.2) is 58.3 Å². The van der Waals surface area contributed by atoms with Crippen LogP contribution in [-0.2, 0) is 11.6 Å². The molecule has 21 heavy (non-hydrogen) atoms. The van der Waals surface area contributed by atoms with Gasteiger partial charge in [-0.1, -0.05) is 44.7 Å². The second kappa shape index (κ2) is 5.76. The van der Waals surface area contributed by atoms with Crippen molar-refractivity contribution < 1.29 is 13.2 Å². The summed E-state index contributed by atoms with van der Waals surface area (Å²) in [5.41, 5.74) is 0.714. The Morgan fingerprint density at radius 1 is 0.667 bits per heavy atom. The Balaban J connectivity index is 2.12. The lowest BCUT2D eigenvalue weighted by Crippen LogP contribution is -2.10. The highest BCUT2D eigenvalue weighted by Crippen LogP contribution is 2.33. The van der Waals surface area contributed by atoms with Gasteiger partial charge in [0.05, 0.1) is 5.56 Å². The van der Waals surface area contributed by atoms with Gasteiger partial charge in [0.1, 0.15) is 0 Å². The molecule has 0 bridgehead atoms. The van der Waals surface area contributed by atoms with Crippen molar-refractivity contribution in [2.45, 2.75) is 42.2 Å². The predicted octanol–water partition coefficient (Wildman–Crippen LogP) is 6.15. The van der Waals surface area contributed by atoms with Gasteiger partial charge >= 0.3 is 6.18 Å². The van der Waals surface area contributed by atoms with Gasteiger partial charge in [-0.05, 0) is 47.4 Å². The molecule has 2 rings (SSSR count). The zero-order valence-electron chi connectivity index (χ0n) is 12.2. The topological polar surface area (TPSA) is 0 Å². The van der Waals surface area contributed by atoms with Gasteiger partial charge in [-0.25, -0.2) is 0 Å². The van der Waals surface area contributed by atoms with Crippen molar-refractivity contribution in [3.8, 4) is 0 Å². The summed E-state index contributed by atoms with van der Waals surface area (Å²) in [6.07, 6.45) is -4.28. The highest BCUT2D eigenvalue weighted by atomic mass is 32.2. The summed E-state index contributed by atoms with van der Waals surface area (Å²) < 4.78 is 37.5. The summed E-state index contributed by atoms with van der Waals surface area (Å²) in [4.78, 5) is 1.81. The lowest BCUT2D eigenvalue weighted by atomic mass is 9.87. The maximum atomic E-state index is 12.5. The molecule has 0 aliphatic rings. The molecule has 0 unspecified atom stereocenters. The Labute approximate surface area is 127 Å². The Morgan fingerprint density at radius 2 is 1.05 bits per heavy atom. The summed E-state index contributed by atoms with van der Waals surface area (Å²) in [6.45, 7) is 6.43. The van der Waals surface area contributed by atoms with Gasteiger partial charge in [0.2, 0.25) is 0 Å². The first kappa shape index (κ1) is 16.0. The van der Waals surface area contributed by atoms with Crippen molar-refractivity contribution >= 4 is 11.8 Å². The second-order valence-electron chi connectivity index (χ2n) is 5.90. The van der Waals surface area contributed by atoms with E-state index >= 15 is 0 Å². The minimum atomic E-state index is -4.28. The van der Waals surface area contributed by atoms with Crippen LogP contribution >= 0.6 is 11.8 Å². The fourth-order valence-corrected chi connectivity index (χ4v) is 2.69. The van der Waals surface area contributed by atoms with Crippen LogP contribution in [0, 0.1) is 0 Å². The smallest absolute Gasteiger partial charge is 0.166 e. The lowest BCUT2D eigenvalue weighted by Gasteiger charge is -2.19. The molecule has 0 aliphatic heterocycles. The van der Waals surface area contributed by atoms with Gasteiger partial charge in [-0.2, -0.15) is 13.2 Å². The van der Waals surface area contributed by atoms with E-state index in [1.807, 2.05) is 12.1 Å². The molecular weight excluding hydrogens is 293 g/mol. The van der Waals surface area contributed by atoms with E-state index in [2.05, 4.69) is 32.9 Å².